The Hall–Kier alpha value is -1.35. The fourth-order valence-corrected chi connectivity index (χ4v) is 2.33. The fraction of sp³-hybridized carbons (Fsp3) is 0.533. The molecule has 0 bridgehead atoms. The maximum absolute atomic E-state index is 8.97. The number of benzene rings is 1. The molecular weight excluding hydrogens is 224 g/mol. The molecule has 1 aromatic carbocycles. The van der Waals surface area contributed by atoms with Crippen molar-refractivity contribution in [2.75, 3.05) is 6.61 Å². The van der Waals surface area contributed by atoms with E-state index >= 15 is 0 Å². The molecule has 0 saturated heterocycles. The molecule has 2 rings (SSSR count). The molecule has 0 saturated carbocycles. The fourth-order valence-electron chi connectivity index (χ4n) is 2.33. The molecular formula is C15H22N2O. The summed E-state index contributed by atoms with van der Waals surface area (Å²) in [7, 11) is 0. The minimum Gasteiger partial charge on any atom is -0.396 e. The highest BCUT2D eigenvalue weighted by molar-refractivity contribution is 5.78. The van der Waals surface area contributed by atoms with Crippen LogP contribution in [0.4, 0.5) is 0 Å². The van der Waals surface area contributed by atoms with Crippen molar-refractivity contribution in [2.45, 2.75) is 46.6 Å². The number of fused-ring (bicyclic) bond motifs is 1. The Morgan fingerprint density at radius 1 is 1.22 bits per heavy atom. The molecule has 0 atom stereocenters. The Morgan fingerprint density at radius 3 is 2.61 bits per heavy atom. The molecule has 1 heterocycles. The maximum atomic E-state index is 8.97. The summed E-state index contributed by atoms with van der Waals surface area (Å²) in [5, 5.41) is 8.97. The van der Waals surface area contributed by atoms with Crippen LogP contribution in [0.25, 0.3) is 11.0 Å². The minimum atomic E-state index is 0.230. The highest BCUT2D eigenvalue weighted by atomic mass is 16.2. The zero-order valence-corrected chi connectivity index (χ0v) is 11.5. The summed E-state index contributed by atoms with van der Waals surface area (Å²) in [6, 6.07) is 4.40. The lowest BCUT2D eigenvalue weighted by atomic mass is 10.1. The predicted octanol–water partition coefficient (Wildman–Crippen LogP) is 2.99. The van der Waals surface area contributed by atoms with Crippen molar-refractivity contribution < 1.29 is 5.11 Å². The van der Waals surface area contributed by atoms with Gasteiger partial charge >= 0.3 is 0 Å². The average Bonchev–Trinajstić information content (AvgIpc) is 2.66. The van der Waals surface area contributed by atoms with Gasteiger partial charge in [0.25, 0.3) is 0 Å². The summed E-state index contributed by atoms with van der Waals surface area (Å²) in [6.07, 6.45) is 2.73. The molecule has 18 heavy (non-hydrogen) atoms. The molecule has 3 nitrogen and oxygen atoms in total. The van der Waals surface area contributed by atoms with Crippen LogP contribution in [0.1, 0.15) is 36.7 Å². The van der Waals surface area contributed by atoms with Crippen molar-refractivity contribution in [3.63, 3.8) is 0 Å². The second-order valence-corrected chi connectivity index (χ2v) is 4.93. The largest absolute Gasteiger partial charge is 0.396 e. The maximum Gasteiger partial charge on any atom is 0.109 e. The SMILES string of the molecule is CCCn1c(CCCO)nc2cc(C)c(C)cc21. The number of imidazole rings is 1. The van der Waals surface area contributed by atoms with Gasteiger partial charge in [0.1, 0.15) is 5.82 Å². The van der Waals surface area contributed by atoms with E-state index in [9.17, 15) is 0 Å². The normalized spacial score (nSPS) is 11.3. The molecule has 0 aliphatic rings. The van der Waals surface area contributed by atoms with Gasteiger partial charge < -0.3 is 9.67 Å². The van der Waals surface area contributed by atoms with Gasteiger partial charge in [0.15, 0.2) is 0 Å². The van der Waals surface area contributed by atoms with E-state index in [0.29, 0.717) is 0 Å². The van der Waals surface area contributed by atoms with Crippen molar-refractivity contribution in [2.24, 2.45) is 0 Å². The lowest BCUT2D eigenvalue weighted by Crippen LogP contribution is -2.04. The van der Waals surface area contributed by atoms with Gasteiger partial charge in [-0.05, 0) is 49.9 Å². The lowest BCUT2D eigenvalue weighted by Gasteiger charge is -2.08. The second kappa shape index (κ2) is 5.53. The zero-order valence-electron chi connectivity index (χ0n) is 11.5. The molecule has 0 unspecified atom stereocenters. The summed E-state index contributed by atoms with van der Waals surface area (Å²) in [6.45, 7) is 7.68. The number of aromatic nitrogens is 2. The highest BCUT2D eigenvalue weighted by Gasteiger charge is 2.11. The first-order valence-electron chi connectivity index (χ1n) is 6.74. The zero-order chi connectivity index (χ0) is 13.1. The van der Waals surface area contributed by atoms with E-state index in [4.69, 9.17) is 10.1 Å². The van der Waals surface area contributed by atoms with Crippen molar-refractivity contribution in [3.05, 3.63) is 29.1 Å². The van der Waals surface area contributed by atoms with Gasteiger partial charge in [-0.15, -0.1) is 0 Å². The third-order valence-electron chi connectivity index (χ3n) is 3.45. The molecule has 1 aromatic heterocycles. The smallest absolute Gasteiger partial charge is 0.109 e. The van der Waals surface area contributed by atoms with E-state index in [1.54, 1.807) is 0 Å². The Morgan fingerprint density at radius 2 is 1.94 bits per heavy atom. The quantitative estimate of drug-likeness (QED) is 0.880. The van der Waals surface area contributed by atoms with E-state index in [2.05, 4.69) is 37.5 Å². The van der Waals surface area contributed by atoms with Crippen LogP contribution in [0.2, 0.25) is 0 Å². The van der Waals surface area contributed by atoms with Crippen LogP contribution in [0.15, 0.2) is 12.1 Å². The number of aliphatic hydroxyl groups excluding tert-OH is 1. The van der Waals surface area contributed by atoms with E-state index in [1.807, 2.05) is 0 Å². The number of hydrogen-bond donors (Lipinski definition) is 1. The van der Waals surface area contributed by atoms with Crippen LogP contribution in [0.3, 0.4) is 0 Å². The van der Waals surface area contributed by atoms with Crippen LogP contribution in [0.5, 0.6) is 0 Å². The monoisotopic (exact) mass is 246 g/mol. The van der Waals surface area contributed by atoms with Crippen molar-refractivity contribution in [3.8, 4) is 0 Å². The Labute approximate surface area is 108 Å². The minimum absolute atomic E-state index is 0.230. The Balaban J connectivity index is 2.52. The molecule has 0 aliphatic heterocycles. The van der Waals surface area contributed by atoms with Gasteiger partial charge in [0.2, 0.25) is 0 Å². The molecule has 0 spiro atoms. The summed E-state index contributed by atoms with van der Waals surface area (Å²) in [5.74, 6) is 1.10. The highest BCUT2D eigenvalue weighted by Crippen LogP contribution is 2.22. The molecule has 0 amide bonds. The van der Waals surface area contributed by atoms with Crippen molar-refractivity contribution in [1.82, 2.24) is 9.55 Å². The number of rotatable bonds is 5. The van der Waals surface area contributed by atoms with Crippen LogP contribution in [0, 0.1) is 13.8 Å². The molecule has 1 N–H and O–H groups in total. The summed E-state index contributed by atoms with van der Waals surface area (Å²) in [4.78, 5) is 4.72. The van der Waals surface area contributed by atoms with Crippen LogP contribution in [-0.4, -0.2) is 21.3 Å². The predicted molar refractivity (Wildman–Crippen MR) is 74.9 cm³/mol. The standard InChI is InChI=1S/C15H22N2O/c1-4-7-17-14-10-12(3)11(2)9-13(14)16-15(17)6-5-8-18/h9-10,18H,4-8H2,1-3H3. The number of hydrogen-bond acceptors (Lipinski definition) is 2. The molecule has 0 radical (unpaired) electrons. The lowest BCUT2D eigenvalue weighted by molar-refractivity contribution is 0.287. The second-order valence-electron chi connectivity index (χ2n) is 4.93. The molecule has 2 aromatic rings. The Kier molecular flexibility index (Phi) is 4.02. The van der Waals surface area contributed by atoms with Crippen LogP contribution < -0.4 is 0 Å². The average molecular weight is 246 g/mol. The first kappa shape index (κ1) is 13.1. The van der Waals surface area contributed by atoms with Gasteiger partial charge in [-0.1, -0.05) is 6.92 Å². The number of aryl methyl sites for hydroxylation is 4. The Bertz CT molecular complexity index is 543. The van der Waals surface area contributed by atoms with Crippen molar-refractivity contribution >= 4 is 11.0 Å². The molecule has 0 fully saturated rings. The molecule has 98 valence electrons. The van der Waals surface area contributed by atoms with Gasteiger partial charge in [-0.25, -0.2) is 4.98 Å². The van der Waals surface area contributed by atoms with Gasteiger partial charge in [-0.3, -0.25) is 0 Å². The summed E-state index contributed by atoms with van der Waals surface area (Å²) >= 11 is 0. The summed E-state index contributed by atoms with van der Waals surface area (Å²) < 4.78 is 2.30. The molecule has 3 heteroatoms. The third-order valence-corrected chi connectivity index (χ3v) is 3.45. The van der Waals surface area contributed by atoms with Crippen LogP contribution >= 0.6 is 0 Å². The van der Waals surface area contributed by atoms with Gasteiger partial charge in [0.05, 0.1) is 11.0 Å². The number of aliphatic hydroxyl groups is 1. The van der Waals surface area contributed by atoms with Gasteiger partial charge in [-0.2, -0.15) is 0 Å². The van der Waals surface area contributed by atoms with Crippen LogP contribution in [-0.2, 0) is 13.0 Å². The topological polar surface area (TPSA) is 38.0 Å². The third kappa shape index (κ3) is 2.41. The summed E-state index contributed by atoms with van der Waals surface area (Å²) in [5.41, 5.74) is 4.91. The van der Waals surface area contributed by atoms with E-state index in [1.165, 1.54) is 16.6 Å². The first-order chi connectivity index (χ1) is 8.67. The van der Waals surface area contributed by atoms with Gasteiger partial charge in [0, 0.05) is 19.6 Å². The van der Waals surface area contributed by atoms with E-state index < -0.39 is 0 Å². The molecule has 0 aliphatic carbocycles. The van der Waals surface area contributed by atoms with Crippen molar-refractivity contribution in [1.29, 1.82) is 0 Å². The van der Waals surface area contributed by atoms with E-state index in [0.717, 1.165) is 37.1 Å². The first-order valence-corrected chi connectivity index (χ1v) is 6.74. The number of nitrogens with zero attached hydrogens (tertiary/aromatic N) is 2. The van der Waals surface area contributed by atoms with E-state index in [-0.39, 0.29) is 6.61 Å².